The third kappa shape index (κ3) is 5.06. The molecule has 0 radical (unpaired) electrons. The predicted octanol–water partition coefficient (Wildman–Crippen LogP) is 1.77. The molecule has 7 heteroatoms. The maximum Gasteiger partial charge on any atom is 0.314 e. The summed E-state index contributed by atoms with van der Waals surface area (Å²) in [6, 6.07) is 5.20. The molecule has 0 aromatic carbocycles. The van der Waals surface area contributed by atoms with E-state index in [1.165, 1.54) is 0 Å². The molecule has 120 valence electrons. The summed E-state index contributed by atoms with van der Waals surface area (Å²) in [7, 11) is 0. The summed E-state index contributed by atoms with van der Waals surface area (Å²) in [6.45, 7) is 5.19. The highest BCUT2D eigenvalue weighted by Gasteiger charge is 2.23. The zero-order valence-corrected chi connectivity index (χ0v) is 14.2. The van der Waals surface area contributed by atoms with Gasteiger partial charge in [0.1, 0.15) is 10.4 Å². The smallest absolute Gasteiger partial charge is 0.314 e. The van der Waals surface area contributed by atoms with Crippen molar-refractivity contribution in [1.82, 2.24) is 15.2 Å². The second-order valence-corrected chi connectivity index (χ2v) is 6.20. The fourth-order valence-corrected chi connectivity index (χ4v) is 2.86. The minimum Gasteiger partial charge on any atom is -0.345 e. The number of nitrogens with zero attached hydrogens (tertiary/aromatic N) is 2. The number of nitrogens with one attached hydrogen (secondary N) is 2. The van der Waals surface area contributed by atoms with Gasteiger partial charge in [0.25, 0.3) is 0 Å². The van der Waals surface area contributed by atoms with Gasteiger partial charge in [-0.05, 0) is 53.9 Å². The topological polar surface area (TPSA) is 74.3 Å². The molecule has 6 nitrogen and oxygen atoms in total. The van der Waals surface area contributed by atoms with Crippen molar-refractivity contribution < 1.29 is 9.59 Å². The van der Waals surface area contributed by atoms with Gasteiger partial charge in [0, 0.05) is 19.1 Å². The maximum atomic E-state index is 11.9. The van der Waals surface area contributed by atoms with E-state index in [9.17, 15) is 9.59 Å². The number of hydrogen-bond donors (Lipinski definition) is 2. The summed E-state index contributed by atoms with van der Waals surface area (Å²) in [5, 5.41) is 5.30. The predicted molar refractivity (Wildman–Crippen MR) is 88.5 cm³/mol. The van der Waals surface area contributed by atoms with Gasteiger partial charge in [-0.1, -0.05) is 13.0 Å². The molecule has 1 aliphatic heterocycles. The first-order valence-corrected chi connectivity index (χ1v) is 8.34. The van der Waals surface area contributed by atoms with E-state index in [0.717, 1.165) is 38.9 Å². The number of carbonyl (C=O) groups excluding carboxylic acids is 2. The lowest BCUT2D eigenvalue weighted by Gasteiger charge is -2.31. The molecule has 0 saturated carbocycles. The lowest BCUT2D eigenvalue weighted by atomic mass is 10.0. The van der Waals surface area contributed by atoms with Crippen molar-refractivity contribution in [2.24, 2.45) is 0 Å². The lowest BCUT2D eigenvalue weighted by Crippen LogP contribution is -2.47. The Kier molecular flexibility index (Phi) is 6.33. The summed E-state index contributed by atoms with van der Waals surface area (Å²) >= 11 is 3.22. The molecule has 2 rings (SSSR count). The summed E-state index contributed by atoms with van der Waals surface area (Å²) in [6.07, 6.45) is 2.90. The van der Waals surface area contributed by atoms with E-state index in [1.807, 2.05) is 0 Å². The SMILES string of the molecule is CCCN1CCC(NC(=O)C(=O)Nc2cccc(Br)n2)CC1. The highest BCUT2D eigenvalue weighted by molar-refractivity contribution is 9.10. The molecule has 2 N–H and O–H groups in total. The molecule has 1 saturated heterocycles. The van der Waals surface area contributed by atoms with Crippen LogP contribution in [-0.4, -0.2) is 47.4 Å². The quantitative estimate of drug-likeness (QED) is 0.627. The van der Waals surface area contributed by atoms with Crippen LogP contribution in [0.25, 0.3) is 0 Å². The fourth-order valence-electron chi connectivity index (χ4n) is 2.52. The van der Waals surface area contributed by atoms with Gasteiger partial charge < -0.3 is 15.5 Å². The molecule has 1 aromatic heterocycles. The van der Waals surface area contributed by atoms with Crippen LogP contribution in [0, 0.1) is 0 Å². The van der Waals surface area contributed by atoms with Crippen molar-refractivity contribution in [1.29, 1.82) is 0 Å². The van der Waals surface area contributed by atoms with Crippen LogP contribution in [-0.2, 0) is 9.59 Å². The van der Waals surface area contributed by atoms with Crippen LogP contribution in [0.1, 0.15) is 26.2 Å². The van der Waals surface area contributed by atoms with E-state index in [0.29, 0.717) is 10.4 Å². The Hall–Kier alpha value is -1.47. The molecule has 0 bridgehead atoms. The van der Waals surface area contributed by atoms with Crippen LogP contribution in [0.5, 0.6) is 0 Å². The number of likely N-dealkylation sites (tertiary alicyclic amines) is 1. The van der Waals surface area contributed by atoms with Crippen LogP contribution < -0.4 is 10.6 Å². The zero-order chi connectivity index (χ0) is 15.9. The van der Waals surface area contributed by atoms with Gasteiger partial charge in [-0.2, -0.15) is 0 Å². The Morgan fingerprint density at radius 1 is 1.32 bits per heavy atom. The van der Waals surface area contributed by atoms with Gasteiger partial charge >= 0.3 is 11.8 Å². The zero-order valence-electron chi connectivity index (χ0n) is 12.6. The van der Waals surface area contributed by atoms with Crippen LogP contribution in [0.2, 0.25) is 0 Å². The van der Waals surface area contributed by atoms with E-state index in [1.54, 1.807) is 18.2 Å². The van der Waals surface area contributed by atoms with E-state index in [4.69, 9.17) is 0 Å². The van der Waals surface area contributed by atoms with Crippen LogP contribution in [0.15, 0.2) is 22.8 Å². The summed E-state index contributed by atoms with van der Waals surface area (Å²) in [5.74, 6) is -0.926. The summed E-state index contributed by atoms with van der Waals surface area (Å²) < 4.78 is 0.606. The van der Waals surface area contributed by atoms with E-state index >= 15 is 0 Å². The van der Waals surface area contributed by atoms with Crippen molar-refractivity contribution in [3.8, 4) is 0 Å². The number of aromatic nitrogens is 1. The second kappa shape index (κ2) is 8.24. The first-order chi connectivity index (χ1) is 10.6. The van der Waals surface area contributed by atoms with Crippen LogP contribution in [0.3, 0.4) is 0 Å². The molecule has 2 amide bonds. The molecule has 0 atom stereocenters. The molecule has 1 aromatic rings. The standard InChI is InChI=1S/C15H21BrN4O2/c1-2-8-20-9-6-11(7-10-20)17-14(21)15(22)19-13-5-3-4-12(16)18-13/h3-5,11H,2,6-10H2,1H3,(H,17,21)(H,18,19,22). The first-order valence-electron chi connectivity index (χ1n) is 7.55. The third-order valence-electron chi connectivity index (χ3n) is 3.63. The molecule has 1 aliphatic rings. The average Bonchev–Trinajstić information content (AvgIpc) is 2.49. The minimum atomic E-state index is -0.679. The normalized spacial score (nSPS) is 16.3. The third-order valence-corrected chi connectivity index (χ3v) is 4.07. The van der Waals surface area contributed by atoms with Crippen molar-refractivity contribution in [3.05, 3.63) is 22.8 Å². The van der Waals surface area contributed by atoms with Crippen molar-refractivity contribution in [2.45, 2.75) is 32.2 Å². The van der Waals surface area contributed by atoms with Gasteiger partial charge in [0.2, 0.25) is 0 Å². The maximum absolute atomic E-state index is 11.9. The van der Waals surface area contributed by atoms with E-state index in [2.05, 4.69) is 43.4 Å². The van der Waals surface area contributed by atoms with Crippen LogP contribution in [0.4, 0.5) is 5.82 Å². The molecule has 0 unspecified atom stereocenters. The van der Waals surface area contributed by atoms with Gasteiger partial charge in [0.15, 0.2) is 0 Å². The number of amides is 2. The first kappa shape index (κ1) is 16.9. The Morgan fingerprint density at radius 3 is 2.68 bits per heavy atom. The van der Waals surface area contributed by atoms with Crippen LogP contribution >= 0.6 is 15.9 Å². The van der Waals surface area contributed by atoms with Gasteiger partial charge in [-0.25, -0.2) is 4.98 Å². The number of pyridine rings is 1. The summed E-state index contributed by atoms with van der Waals surface area (Å²) in [5.41, 5.74) is 0. The monoisotopic (exact) mass is 368 g/mol. The Labute approximate surface area is 138 Å². The molecular weight excluding hydrogens is 348 g/mol. The molecule has 1 fully saturated rings. The largest absolute Gasteiger partial charge is 0.345 e. The number of carbonyl (C=O) groups is 2. The molecular formula is C15H21BrN4O2. The number of anilines is 1. The number of piperidine rings is 1. The Bertz CT molecular complexity index is 530. The number of hydrogen-bond acceptors (Lipinski definition) is 4. The highest BCUT2D eigenvalue weighted by atomic mass is 79.9. The second-order valence-electron chi connectivity index (χ2n) is 5.39. The van der Waals surface area contributed by atoms with Gasteiger partial charge in [-0.15, -0.1) is 0 Å². The minimum absolute atomic E-state index is 0.0711. The number of rotatable bonds is 4. The number of halogens is 1. The van der Waals surface area contributed by atoms with Gasteiger partial charge in [-0.3, -0.25) is 9.59 Å². The average molecular weight is 369 g/mol. The molecule has 22 heavy (non-hydrogen) atoms. The molecule has 0 spiro atoms. The van der Waals surface area contributed by atoms with Crippen molar-refractivity contribution >= 4 is 33.6 Å². The highest BCUT2D eigenvalue weighted by Crippen LogP contribution is 2.11. The fraction of sp³-hybridized carbons (Fsp3) is 0.533. The van der Waals surface area contributed by atoms with Crippen molar-refractivity contribution in [2.75, 3.05) is 25.0 Å². The van der Waals surface area contributed by atoms with Gasteiger partial charge in [0.05, 0.1) is 0 Å². The van der Waals surface area contributed by atoms with E-state index < -0.39 is 11.8 Å². The lowest BCUT2D eigenvalue weighted by molar-refractivity contribution is -0.136. The molecule has 0 aliphatic carbocycles. The van der Waals surface area contributed by atoms with Crippen molar-refractivity contribution in [3.63, 3.8) is 0 Å². The Morgan fingerprint density at radius 2 is 2.05 bits per heavy atom. The van der Waals surface area contributed by atoms with E-state index in [-0.39, 0.29) is 6.04 Å². The molecule has 2 heterocycles. The Balaban J connectivity index is 1.78. The summed E-state index contributed by atoms with van der Waals surface area (Å²) in [4.78, 5) is 30.3.